The van der Waals surface area contributed by atoms with E-state index < -0.39 is 17.6 Å². The summed E-state index contributed by atoms with van der Waals surface area (Å²) in [5.41, 5.74) is -0.584. The number of rotatable bonds is 2. The van der Waals surface area contributed by atoms with Gasteiger partial charge in [0.1, 0.15) is 24.1 Å². The van der Waals surface area contributed by atoms with Crippen LogP contribution >= 0.6 is 0 Å². The van der Waals surface area contributed by atoms with Crippen LogP contribution in [0.1, 0.15) is 24.5 Å². The van der Waals surface area contributed by atoms with Crippen LogP contribution in [0.3, 0.4) is 0 Å². The SMILES string of the molecule is CCOC(=O)CC#Cc1cc(F)c(C#N)cc1F. The highest BCUT2D eigenvalue weighted by molar-refractivity contribution is 5.72. The second-order valence-electron chi connectivity index (χ2n) is 3.21. The molecule has 0 aromatic heterocycles. The van der Waals surface area contributed by atoms with Crippen LogP contribution < -0.4 is 0 Å². The van der Waals surface area contributed by atoms with E-state index in [1.807, 2.05) is 0 Å². The molecule has 0 fully saturated rings. The van der Waals surface area contributed by atoms with E-state index in [-0.39, 0.29) is 24.2 Å². The highest BCUT2D eigenvalue weighted by Gasteiger charge is 2.07. The van der Waals surface area contributed by atoms with Gasteiger partial charge >= 0.3 is 5.97 Å². The average Bonchev–Trinajstić information content (AvgIpc) is 2.33. The maximum absolute atomic E-state index is 13.4. The van der Waals surface area contributed by atoms with E-state index in [2.05, 4.69) is 16.6 Å². The molecule has 0 spiro atoms. The van der Waals surface area contributed by atoms with Crippen LogP contribution in [-0.2, 0) is 9.53 Å². The van der Waals surface area contributed by atoms with Crippen LogP contribution in [0.5, 0.6) is 0 Å². The van der Waals surface area contributed by atoms with Gasteiger partial charge in [-0.15, -0.1) is 0 Å². The topological polar surface area (TPSA) is 50.1 Å². The molecule has 0 unspecified atom stereocenters. The molecule has 0 atom stereocenters. The van der Waals surface area contributed by atoms with E-state index in [9.17, 15) is 13.6 Å². The number of carbonyl (C=O) groups excluding carboxylic acids is 1. The highest BCUT2D eigenvalue weighted by atomic mass is 19.1. The number of nitriles is 1. The first kappa shape index (κ1) is 13.7. The van der Waals surface area contributed by atoms with Crippen molar-refractivity contribution in [2.75, 3.05) is 6.61 Å². The minimum atomic E-state index is -0.848. The lowest BCUT2D eigenvalue weighted by atomic mass is 10.1. The van der Waals surface area contributed by atoms with Crippen LogP contribution in [0.4, 0.5) is 8.78 Å². The van der Waals surface area contributed by atoms with E-state index in [0.717, 1.165) is 12.1 Å². The highest BCUT2D eigenvalue weighted by Crippen LogP contribution is 2.13. The molecule has 1 rings (SSSR count). The number of esters is 1. The minimum absolute atomic E-state index is 0.198. The molecular formula is C13H9F2NO2. The third kappa shape index (κ3) is 3.57. The maximum atomic E-state index is 13.4. The van der Waals surface area contributed by atoms with Crippen LogP contribution in [-0.4, -0.2) is 12.6 Å². The van der Waals surface area contributed by atoms with Crippen molar-refractivity contribution in [1.82, 2.24) is 0 Å². The zero-order valence-corrected chi connectivity index (χ0v) is 9.59. The fourth-order valence-electron chi connectivity index (χ4n) is 1.15. The number of carbonyl (C=O) groups is 1. The van der Waals surface area contributed by atoms with Gasteiger partial charge in [-0.1, -0.05) is 11.8 Å². The molecule has 1 aromatic rings. The van der Waals surface area contributed by atoms with Gasteiger partial charge in [0.15, 0.2) is 0 Å². The predicted octanol–water partition coefficient (Wildman–Crippen LogP) is 2.14. The molecule has 5 heteroatoms. The largest absolute Gasteiger partial charge is 0.465 e. The molecule has 0 N–H and O–H groups in total. The quantitative estimate of drug-likeness (QED) is 0.596. The Balaban J connectivity index is 2.87. The number of nitrogens with zero attached hydrogens (tertiary/aromatic N) is 1. The van der Waals surface area contributed by atoms with Gasteiger partial charge < -0.3 is 4.74 Å². The minimum Gasteiger partial charge on any atom is -0.465 e. The van der Waals surface area contributed by atoms with E-state index in [1.165, 1.54) is 6.07 Å². The van der Waals surface area contributed by atoms with Gasteiger partial charge in [0.25, 0.3) is 0 Å². The molecule has 0 saturated carbocycles. The molecule has 18 heavy (non-hydrogen) atoms. The molecule has 0 bridgehead atoms. The van der Waals surface area contributed by atoms with E-state index in [0.29, 0.717) is 0 Å². The van der Waals surface area contributed by atoms with Crippen molar-refractivity contribution in [3.05, 3.63) is 34.9 Å². The van der Waals surface area contributed by atoms with E-state index in [4.69, 9.17) is 5.26 Å². The van der Waals surface area contributed by atoms with Gasteiger partial charge in [-0.05, 0) is 19.1 Å². The summed E-state index contributed by atoms with van der Waals surface area (Å²) in [5.74, 6) is 2.52. The fraction of sp³-hybridized carbons (Fsp3) is 0.231. The summed E-state index contributed by atoms with van der Waals surface area (Å²) in [5, 5.41) is 8.49. The summed E-state index contributed by atoms with van der Waals surface area (Å²) in [7, 11) is 0. The van der Waals surface area contributed by atoms with Crippen molar-refractivity contribution in [1.29, 1.82) is 5.26 Å². The lowest BCUT2D eigenvalue weighted by Gasteiger charge is -1.97. The zero-order chi connectivity index (χ0) is 13.5. The normalized spacial score (nSPS) is 9.00. The van der Waals surface area contributed by atoms with Gasteiger partial charge in [-0.3, -0.25) is 4.79 Å². The number of halogens is 2. The second kappa shape index (κ2) is 6.36. The summed E-state index contributed by atoms with van der Waals surface area (Å²) in [6.07, 6.45) is -0.200. The average molecular weight is 249 g/mol. The first-order chi connectivity index (χ1) is 8.58. The van der Waals surface area contributed by atoms with Crippen molar-refractivity contribution in [2.24, 2.45) is 0 Å². The second-order valence-corrected chi connectivity index (χ2v) is 3.21. The van der Waals surface area contributed by atoms with Gasteiger partial charge in [0.2, 0.25) is 0 Å². The molecule has 1 aromatic carbocycles. The van der Waals surface area contributed by atoms with Crippen LogP contribution in [0.15, 0.2) is 12.1 Å². The Morgan fingerprint density at radius 3 is 2.56 bits per heavy atom. The number of ether oxygens (including phenoxy) is 1. The van der Waals surface area contributed by atoms with Crippen LogP contribution in [0.25, 0.3) is 0 Å². The molecule has 0 aliphatic carbocycles. The van der Waals surface area contributed by atoms with Crippen LogP contribution in [0, 0.1) is 34.8 Å². The van der Waals surface area contributed by atoms with Gasteiger partial charge in [0.05, 0.1) is 17.7 Å². The van der Waals surface area contributed by atoms with E-state index >= 15 is 0 Å². The molecule has 0 heterocycles. The van der Waals surface area contributed by atoms with Gasteiger partial charge in [-0.2, -0.15) is 5.26 Å². The number of hydrogen-bond acceptors (Lipinski definition) is 3. The summed E-state index contributed by atoms with van der Waals surface area (Å²) in [6, 6.07) is 3.11. The fourth-order valence-corrected chi connectivity index (χ4v) is 1.15. The van der Waals surface area contributed by atoms with Crippen molar-refractivity contribution in [3.63, 3.8) is 0 Å². The molecule has 0 saturated heterocycles. The summed E-state index contributed by atoms with van der Waals surface area (Å²) >= 11 is 0. The standard InChI is InChI=1S/C13H9F2NO2/c1-2-18-13(17)5-3-4-9-6-12(15)10(8-16)7-11(9)14/h6-7H,2,5H2,1H3. The third-order valence-electron chi connectivity index (χ3n) is 1.94. The number of hydrogen-bond donors (Lipinski definition) is 0. The molecule has 3 nitrogen and oxygen atoms in total. The Bertz CT molecular complexity index is 565. The molecule has 0 aliphatic heterocycles. The Morgan fingerprint density at radius 2 is 1.94 bits per heavy atom. The monoisotopic (exact) mass is 249 g/mol. The summed E-state index contributed by atoms with van der Waals surface area (Å²) in [6.45, 7) is 1.89. The van der Waals surface area contributed by atoms with Crippen molar-refractivity contribution in [2.45, 2.75) is 13.3 Å². The summed E-state index contributed by atoms with van der Waals surface area (Å²) < 4.78 is 31.2. The zero-order valence-electron chi connectivity index (χ0n) is 9.59. The van der Waals surface area contributed by atoms with Crippen molar-refractivity contribution < 1.29 is 18.3 Å². The summed E-state index contributed by atoms with van der Waals surface area (Å²) in [4.78, 5) is 10.9. The Labute approximate surface area is 103 Å². The van der Waals surface area contributed by atoms with E-state index in [1.54, 1.807) is 6.92 Å². The molecule has 0 radical (unpaired) electrons. The Hall–Kier alpha value is -2.40. The van der Waals surface area contributed by atoms with Gasteiger partial charge in [-0.25, -0.2) is 8.78 Å². The van der Waals surface area contributed by atoms with Crippen molar-refractivity contribution in [3.8, 4) is 17.9 Å². The lowest BCUT2D eigenvalue weighted by molar-refractivity contribution is -0.141. The lowest BCUT2D eigenvalue weighted by Crippen LogP contribution is -2.01. The first-order valence-electron chi connectivity index (χ1n) is 5.12. The maximum Gasteiger partial charge on any atom is 0.317 e. The third-order valence-corrected chi connectivity index (χ3v) is 1.94. The van der Waals surface area contributed by atoms with Crippen LogP contribution in [0.2, 0.25) is 0 Å². The Morgan fingerprint density at radius 1 is 1.33 bits per heavy atom. The van der Waals surface area contributed by atoms with Crippen molar-refractivity contribution >= 4 is 5.97 Å². The molecule has 0 aliphatic rings. The molecular weight excluding hydrogens is 240 g/mol. The first-order valence-corrected chi connectivity index (χ1v) is 5.12. The number of benzene rings is 1. The van der Waals surface area contributed by atoms with Gasteiger partial charge in [0, 0.05) is 0 Å². The Kier molecular flexibility index (Phi) is 4.83. The predicted molar refractivity (Wildman–Crippen MR) is 59.2 cm³/mol. The smallest absolute Gasteiger partial charge is 0.317 e. The molecule has 0 amide bonds. The molecule has 92 valence electrons.